The predicted molar refractivity (Wildman–Crippen MR) is 176 cm³/mol. The molecule has 0 aliphatic heterocycles. The Labute approximate surface area is 266 Å². The fourth-order valence-corrected chi connectivity index (χ4v) is 6.21. The second-order valence-electron chi connectivity index (χ2n) is 12.7. The third-order valence-corrected chi connectivity index (χ3v) is 8.56. The average molecular weight is 614 g/mol. The average Bonchev–Trinajstić information content (AvgIpc) is 3.05. The zero-order valence-electron chi connectivity index (χ0n) is 26.5. The minimum absolute atomic E-state index is 0.0657. The summed E-state index contributed by atoms with van der Waals surface area (Å²) < 4.78 is 5.47. The Hall–Kier alpha value is -4.20. The van der Waals surface area contributed by atoms with Gasteiger partial charge in [0.2, 0.25) is 11.8 Å². The van der Waals surface area contributed by atoms with E-state index < -0.39 is 24.1 Å². The van der Waals surface area contributed by atoms with Gasteiger partial charge >= 0.3 is 6.09 Å². The molecule has 3 aromatic rings. The van der Waals surface area contributed by atoms with Gasteiger partial charge in [-0.3, -0.25) is 9.59 Å². The van der Waals surface area contributed by atoms with Crippen LogP contribution in [-0.2, 0) is 32.1 Å². The van der Waals surface area contributed by atoms with Crippen LogP contribution in [0.1, 0.15) is 69.9 Å². The highest BCUT2D eigenvalue weighted by molar-refractivity contribution is 5.92. The van der Waals surface area contributed by atoms with Gasteiger partial charge in [-0.1, -0.05) is 119 Å². The van der Waals surface area contributed by atoms with Crippen molar-refractivity contribution in [1.29, 1.82) is 0 Å². The zero-order chi connectivity index (χ0) is 32.0. The van der Waals surface area contributed by atoms with Crippen molar-refractivity contribution in [3.8, 4) is 0 Å². The lowest BCUT2D eigenvalue weighted by atomic mass is 9.84. The molecule has 0 aromatic heterocycles. The molecule has 1 aliphatic carbocycles. The maximum atomic E-state index is 14.0. The molecule has 8 nitrogen and oxygen atoms in total. The maximum Gasteiger partial charge on any atom is 0.408 e. The molecule has 45 heavy (non-hydrogen) atoms. The van der Waals surface area contributed by atoms with Crippen LogP contribution in [0.25, 0.3) is 10.8 Å². The molecule has 1 saturated carbocycles. The van der Waals surface area contributed by atoms with Crippen LogP contribution in [0.3, 0.4) is 0 Å². The number of hydrogen-bond acceptors (Lipinski definition) is 5. The van der Waals surface area contributed by atoms with E-state index in [2.05, 4.69) is 16.0 Å². The lowest BCUT2D eigenvalue weighted by Crippen LogP contribution is -2.55. The number of rotatable bonds is 15. The summed E-state index contributed by atoms with van der Waals surface area (Å²) in [6.07, 6.45) is 6.97. The largest absolute Gasteiger partial charge is 0.445 e. The second-order valence-corrected chi connectivity index (χ2v) is 12.7. The van der Waals surface area contributed by atoms with E-state index in [0.717, 1.165) is 53.9 Å². The molecule has 0 heterocycles. The van der Waals surface area contributed by atoms with Crippen LogP contribution in [0.2, 0.25) is 0 Å². The van der Waals surface area contributed by atoms with Crippen LogP contribution in [0, 0.1) is 17.8 Å². The van der Waals surface area contributed by atoms with Crippen LogP contribution in [0.15, 0.2) is 72.8 Å². The Morgan fingerprint density at radius 1 is 0.844 bits per heavy atom. The van der Waals surface area contributed by atoms with Crippen LogP contribution in [0.4, 0.5) is 4.79 Å². The highest BCUT2D eigenvalue weighted by Crippen LogP contribution is 2.28. The fourth-order valence-electron chi connectivity index (χ4n) is 6.21. The molecule has 3 aromatic carbocycles. The quantitative estimate of drug-likeness (QED) is 0.179. The van der Waals surface area contributed by atoms with Crippen molar-refractivity contribution in [3.05, 3.63) is 83.9 Å². The SMILES string of the molecule is CC(C)C[C@@H](C=O)CNC(=O)[C@H](CC1CCCCC1)NC(=O)[C@H](Cc1cccc2ccccc12)NC(=O)OCc1ccccc1. The minimum atomic E-state index is -0.982. The van der Waals surface area contributed by atoms with Crippen molar-refractivity contribution < 1.29 is 23.9 Å². The minimum Gasteiger partial charge on any atom is -0.445 e. The van der Waals surface area contributed by atoms with Crippen LogP contribution in [-0.4, -0.2) is 42.8 Å². The summed E-state index contributed by atoms with van der Waals surface area (Å²) >= 11 is 0. The van der Waals surface area contributed by atoms with Crippen molar-refractivity contribution in [2.45, 2.75) is 83.9 Å². The smallest absolute Gasteiger partial charge is 0.408 e. The molecule has 4 rings (SSSR count). The third-order valence-electron chi connectivity index (χ3n) is 8.56. The molecule has 3 amide bonds. The molecular weight excluding hydrogens is 566 g/mol. The molecule has 0 radical (unpaired) electrons. The van der Waals surface area contributed by atoms with Gasteiger partial charge in [0.15, 0.2) is 0 Å². The highest BCUT2D eigenvalue weighted by Gasteiger charge is 2.30. The van der Waals surface area contributed by atoms with Gasteiger partial charge in [-0.2, -0.15) is 0 Å². The van der Waals surface area contributed by atoms with Gasteiger partial charge in [-0.25, -0.2) is 4.79 Å². The van der Waals surface area contributed by atoms with Gasteiger partial charge in [0.25, 0.3) is 0 Å². The number of carbonyl (C=O) groups excluding carboxylic acids is 4. The fraction of sp³-hybridized carbons (Fsp3) is 0.459. The van der Waals surface area contributed by atoms with Crippen molar-refractivity contribution >= 4 is 35.0 Å². The van der Waals surface area contributed by atoms with Crippen LogP contribution in [0.5, 0.6) is 0 Å². The molecule has 1 aliphatic rings. The molecule has 3 N–H and O–H groups in total. The Bertz CT molecular complexity index is 1400. The normalized spacial score (nSPS) is 15.5. The van der Waals surface area contributed by atoms with E-state index in [-0.39, 0.29) is 31.4 Å². The molecule has 0 bridgehead atoms. The number of aldehydes is 1. The van der Waals surface area contributed by atoms with Crippen molar-refractivity contribution in [3.63, 3.8) is 0 Å². The summed E-state index contributed by atoms with van der Waals surface area (Å²) in [5, 5.41) is 10.7. The number of hydrogen-bond donors (Lipinski definition) is 3. The maximum absolute atomic E-state index is 14.0. The van der Waals surface area contributed by atoms with Crippen LogP contribution >= 0.6 is 0 Å². The summed E-state index contributed by atoms with van der Waals surface area (Å²) in [7, 11) is 0. The molecular formula is C37H47N3O5. The molecule has 0 unspecified atom stereocenters. The summed E-state index contributed by atoms with van der Waals surface area (Å²) in [4.78, 5) is 52.2. The molecule has 0 saturated heterocycles. The number of amides is 3. The second kappa shape index (κ2) is 17.3. The predicted octanol–water partition coefficient (Wildman–Crippen LogP) is 6.11. The standard InChI is InChI=1S/C37H47N3O5/c1-26(2)20-29(24-41)23-38-35(42)33(21-27-12-5-3-6-13-27)39-36(43)34(40-37(44)45-25-28-14-7-4-8-15-28)22-31-18-11-17-30-16-9-10-19-32(30)31/h4,7-11,14-19,24,26-27,29,33-34H,3,5-6,12-13,20-23,25H2,1-2H3,(H,38,42)(H,39,43)(H,40,44)/t29-,33+,34+/m1/s1. The summed E-state index contributed by atoms with van der Waals surface area (Å²) in [5.74, 6) is -0.421. The number of fused-ring (bicyclic) bond motifs is 1. The van der Waals surface area contributed by atoms with E-state index in [9.17, 15) is 19.2 Å². The Morgan fingerprint density at radius 3 is 2.29 bits per heavy atom. The number of alkyl carbamates (subject to hydrolysis) is 1. The van der Waals surface area contributed by atoms with E-state index >= 15 is 0 Å². The topological polar surface area (TPSA) is 114 Å². The van der Waals surface area contributed by atoms with Gasteiger partial charge in [-0.05, 0) is 46.6 Å². The van der Waals surface area contributed by atoms with E-state index in [1.807, 2.05) is 86.6 Å². The number of carbonyl (C=O) groups is 4. The molecule has 240 valence electrons. The van der Waals surface area contributed by atoms with Crippen molar-refractivity contribution in [2.75, 3.05) is 6.54 Å². The summed E-state index contributed by atoms with van der Waals surface area (Å²) in [6, 6.07) is 21.4. The van der Waals surface area contributed by atoms with Gasteiger partial charge in [0, 0.05) is 18.9 Å². The van der Waals surface area contributed by atoms with Gasteiger partial charge < -0.3 is 25.5 Å². The first kappa shape index (κ1) is 33.7. The van der Waals surface area contributed by atoms with E-state index in [1.54, 1.807) is 0 Å². The highest BCUT2D eigenvalue weighted by atomic mass is 16.5. The first-order valence-corrected chi connectivity index (χ1v) is 16.3. The lowest BCUT2D eigenvalue weighted by molar-refractivity contribution is -0.130. The summed E-state index contributed by atoms with van der Waals surface area (Å²) in [5.41, 5.74) is 1.73. The molecule has 8 heteroatoms. The monoisotopic (exact) mass is 613 g/mol. The zero-order valence-corrected chi connectivity index (χ0v) is 26.5. The van der Waals surface area contributed by atoms with Crippen LogP contribution < -0.4 is 16.0 Å². The first-order chi connectivity index (χ1) is 21.8. The van der Waals surface area contributed by atoms with Gasteiger partial charge in [0.1, 0.15) is 25.0 Å². The van der Waals surface area contributed by atoms with Crippen molar-refractivity contribution in [1.82, 2.24) is 16.0 Å². The molecule has 0 spiro atoms. The number of nitrogens with one attached hydrogen (secondary N) is 3. The van der Waals surface area contributed by atoms with E-state index in [0.29, 0.717) is 24.7 Å². The summed E-state index contributed by atoms with van der Waals surface area (Å²) in [6.45, 7) is 4.37. The van der Waals surface area contributed by atoms with E-state index in [4.69, 9.17) is 4.74 Å². The van der Waals surface area contributed by atoms with E-state index in [1.165, 1.54) is 6.42 Å². The Balaban J connectivity index is 1.52. The first-order valence-electron chi connectivity index (χ1n) is 16.3. The molecule has 3 atom stereocenters. The Kier molecular flexibility index (Phi) is 13.0. The Morgan fingerprint density at radius 2 is 1.56 bits per heavy atom. The van der Waals surface area contributed by atoms with Crippen molar-refractivity contribution in [2.24, 2.45) is 17.8 Å². The van der Waals surface area contributed by atoms with Gasteiger partial charge in [-0.15, -0.1) is 0 Å². The van der Waals surface area contributed by atoms with Gasteiger partial charge in [0.05, 0.1) is 0 Å². The molecule has 1 fully saturated rings. The third kappa shape index (κ3) is 10.7. The number of ether oxygens (including phenoxy) is 1. The number of benzene rings is 3. The lowest BCUT2D eigenvalue weighted by Gasteiger charge is -2.28.